The zero-order chi connectivity index (χ0) is 19.9. The van der Waals surface area contributed by atoms with Gasteiger partial charge in [-0.05, 0) is 55.4 Å². The fraction of sp³-hybridized carbons (Fsp3) is 0.500. The van der Waals surface area contributed by atoms with E-state index >= 15 is 0 Å². The maximum Gasteiger partial charge on any atom is 0.231 e. The zero-order valence-electron chi connectivity index (χ0n) is 17.0. The summed E-state index contributed by atoms with van der Waals surface area (Å²) in [5.41, 5.74) is 3.86. The topological polar surface area (TPSA) is 81.8 Å². The number of hydrogen-bond acceptors (Lipinski definition) is 7. The quantitative estimate of drug-likeness (QED) is 0.568. The minimum Gasteiger partial charge on any atom is -0.370 e. The molecule has 2 saturated carbocycles. The number of nitrogens with zero attached hydrogens (tertiary/aromatic N) is 4. The molecule has 0 radical (unpaired) electrons. The first-order valence-corrected chi connectivity index (χ1v) is 12.1. The van der Waals surface area contributed by atoms with Gasteiger partial charge in [-0.1, -0.05) is 6.42 Å². The second kappa shape index (κ2) is 7.65. The lowest BCUT2D eigenvalue weighted by Gasteiger charge is -2.28. The molecule has 3 aromatic rings. The molecule has 3 N–H and O–H groups in total. The fourth-order valence-corrected chi connectivity index (χ4v) is 6.20. The van der Waals surface area contributed by atoms with Crippen molar-refractivity contribution < 1.29 is 0 Å². The van der Waals surface area contributed by atoms with Crippen LogP contribution in [0, 0.1) is 11.8 Å². The van der Waals surface area contributed by atoms with Crippen LogP contribution in [0.3, 0.4) is 0 Å². The van der Waals surface area contributed by atoms with Gasteiger partial charge in [0.05, 0.1) is 6.33 Å². The Kier molecular flexibility index (Phi) is 4.67. The van der Waals surface area contributed by atoms with Gasteiger partial charge in [0.25, 0.3) is 0 Å². The van der Waals surface area contributed by atoms with Crippen molar-refractivity contribution in [1.82, 2.24) is 19.9 Å². The van der Waals surface area contributed by atoms with Crippen LogP contribution in [0.1, 0.15) is 25.7 Å². The van der Waals surface area contributed by atoms with Crippen LogP contribution in [-0.2, 0) is 0 Å². The van der Waals surface area contributed by atoms with E-state index in [9.17, 15) is 0 Å². The van der Waals surface area contributed by atoms with Crippen LogP contribution < -0.4 is 15.5 Å². The first-order chi connectivity index (χ1) is 14.8. The summed E-state index contributed by atoms with van der Waals surface area (Å²) >= 11 is 2.03. The van der Waals surface area contributed by atoms with Gasteiger partial charge in [-0.2, -0.15) is 21.7 Å². The van der Waals surface area contributed by atoms with Gasteiger partial charge in [0, 0.05) is 42.0 Å². The molecule has 6 rings (SSSR count). The van der Waals surface area contributed by atoms with Gasteiger partial charge >= 0.3 is 0 Å². The summed E-state index contributed by atoms with van der Waals surface area (Å²) < 4.78 is 0. The zero-order valence-corrected chi connectivity index (χ0v) is 17.8. The molecule has 7 nitrogen and oxygen atoms in total. The van der Waals surface area contributed by atoms with E-state index in [0.717, 1.165) is 47.6 Å². The SMILES string of the molecule is c1nc2c(N[C@@H]3C[C@H]4CC[C@@H]3C4)nc(Nc3ccc(N4CCSCC4)cc3)nc2[nH]1. The molecule has 3 heterocycles. The summed E-state index contributed by atoms with van der Waals surface area (Å²) in [6.07, 6.45) is 7.04. The van der Waals surface area contributed by atoms with E-state index in [1.165, 1.54) is 42.9 Å². The number of rotatable bonds is 5. The van der Waals surface area contributed by atoms with Gasteiger partial charge < -0.3 is 20.5 Å². The number of aromatic amines is 1. The van der Waals surface area contributed by atoms with Crippen LogP contribution in [-0.4, -0.2) is 50.6 Å². The molecule has 0 unspecified atom stereocenters. The second-order valence-corrected chi connectivity index (χ2v) is 9.92. The van der Waals surface area contributed by atoms with Crippen LogP contribution in [0.15, 0.2) is 30.6 Å². The Balaban J connectivity index is 1.22. The van der Waals surface area contributed by atoms with Crippen LogP contribution >= 0.6 is 11.8 Å². The molecular formula is C22H27N7S. The smallest absolute Gasteiger partial charge is 0.231 e. The minimum absolute atomic E-state index is 0.508. The fourth-order valence-electron chi connectivity index (χ4n) is 5.30. The van der Waals surface area contributed by atoms with Crippen molar-refractivity contribution in [2.75, 3.05) is 40.1 Å². The first-order valence-electron chi connectivity index (χ1n) is 11.0. The molecule has 0 amide bonds. The maximum absolute atomic E-state index is 4.80. The third-order valence-corrected chi connectivity index (χ3v) is 7.78. The summed E-state index contributed by atoms with van der Waals surface area (Å²) in [5, 5.41) is 7.08. The van der Waals surface area contributed by atoms with Crippen LogP contribution in [0.5, 0.6) is 0 Å². The standard InChI is InChI=1S/C22H27N7S/c1-2-15-11-14(1)12-18(15)26-21-19-20(24-13-23-19)27-22(28-21)25-16-3-5-17(6-4-16)29-7-9-30-10-8-29/h3-6,13-15,18H,1-2,7-12H2,(H3,23,24,25,26,27,28)/t14-,15+,18+/m0/s1. The highest BCUT2D eigenvalue weighted by molar-refractivity contribution is 7.99. The van der Waals surface area contributed by atoms with Crippen molar-refractivity contribution in [2.24, 2.45) is 11.8 Å². The molecule has 2 aliphatic carbocycles. The van der Waals surface area contributed by atoms with Gasteiger partial charge in [0.1, 0.15) is 5.52 Å². The van der Waals surface area contributed by atoms with E-state index in [4.69, 9.17) is 4.98 Å². The molecule has 8 heteroatoms. The lowest BCUT2D eigenvalue weighted by atomic mass is 9.95. The van der Waals surface area contributed by atoms with Crippen molar-refractivity contribution in [1.29, 1.82) is 0 Å². The predicted molar refractivity (Wildman–Crippen MR) is 124 cm³/mol. The maximum atomic E-state index is 4.80. The predicted octanol–water partition coefficient (Wildman–Crippen LogP) is 4.25. The summed E-state index contributed by atoms with van der Waals surface area (Å²) in [6.45, 7) is 2.24. The molecule has 1 aliphatic heterocycles. The Morgan fingerprint density at radius 1 is 1.03 bits per heavy atom. The van der Waals surface area contributed by atoms with Crippen molar-refractivity contribution in [3.8, 4) is 0 Å². The normalized spacial score (nSPS) is 25.7. The average Bonchev–Trinajstić information content (AvgIpc) is 3.52. The van der Waals surface area contributed by atoms with E-state index in [0.29, 0.717) is 12.0 Å². The molecule has 2 bridgehead atoms. The average molecular weight is 422 g/mol. The second-order valence-electron chi connectivity index (χ2n) is 8.69. The number of H-pyrrole nitrogens is 1. The van der Waals surface area contributed by atoms with Crippen molar-refractivity contribution in [3.63, 3.8) is 0 Å². The Bertz CT molecular complexity index is 1030. The third-order valence-electron chi connectivity index (χ3n) is 6.84. The van der Waals surface area contributed by atoms with Gasteiger partial charge in [0.15, 0.2) is 11.5 Å². The van der Waals surface area contributed by atoms with E-state index < -0.39 is 0 Å². The lowest BCUT2D eigenvalue weighted by Crippen LogP contribution is -2.32. The minimum atomic E-state index is 0.508. The molecule has 3 aliphatic rings. The molecule has 30 heavy (non-hydrogen) atoms. The molecule has 2 aromatic heterocycles. The number of thioether (sulfide) groups is 1. The largest absolute Gasteiger partial charge is 0.370 e. The number of anilines is 4. The Morgan fingerprint density at radius 3 is 2.67 bits per heavy atom. The molecule has 1 saturated heterocycles. The van der Waals surface area contributed by atoms with Gasteiger partial charge in [-0.25, -0.2) is 4.98 Å². The highest BCUT2D eigenvalue weighted by atomic mass is 32.2. The summed E-state index contributed by atoms with van der Waals surface area (Å²) in [6, 6.07) is 9.10. The molecule has 3 atom stereocenters. The van der Waals surface area contributed by atoms with E-state index in [1.807, 2.05) is 11.8 Å². The molecule has 156 valence electrons. The van der Waals surface area contributed by atoms with Gasteiger partial charge in [0.2, 0.25) is 5.95 Å². The molecular weight excluding hydrogens is 394 g/mol. The molecule has 1 aromatic carbocycles. The lowest BCUT2D eigenvalue weighted by molar-refractivity contribution is 0.439. The number of nitrogens with one attached hydrogen (secondary N) is 3. The number of fused-ring (bicyclic) bond motifs is 3. The van der Waals surface area contributed by atoms with Crippen molar-refractivity contribution in [2.45, 2.75) is 31.7 Å². The van der Waals surface area contributed by atoms with Gasteiger partial charge in [-0.15, -0.1) is 0 Å². The monoisotopic (exact) mass is 421 g/mol. The molecule has 0 spiro atoms. The number of imidazole rings is 1. The summed E-state index contributed by atoms with van der Waals surface area (Å²) in [5.74, 6) is 5.50. The third kappa shape index (κ3) is 3.47. The van der Waals surface area contributed by atoms with Crippen LogP contribution in [0.25, 0.3) is 11.2 Å². The Morgan fingerprint density at radius 2 is 1.90 bits per heavy atom. The van der Waals surface area contributed by atoms with Gasteiger partial charge in [-0.3, -0.25) is 0 Å². The number of benzene rings is 1. The first kappa shape index (κ1) is 18.3. The highest BCUT2D eigenvalue weighted by Gasteiger charge is 2.39. The van der Waals surface area contributed by atoms with Crippen LogP contribution in [0.2, 0.25) is 0 Å². The van der Waals surface area contributed by atoms with E-state index in [2.05, 4.69) is 54.8 Å². The number of hydrogen-bond donors (Lipinski definition) is 3. The Hall–Kier alpha value is -2.48. The highest BCUT2D eigenvalue weighted by Crippen LogP contribution is 2.45. The van der Waals surface area contributed by atoms with Crippen molar-refractivity contribution in [3.05, 3.63) is 30.6 Å². The summed E-state index contributed by atoms with van der Waals surface area (Å²) in [7, 11) is 0. The Labute approximate surface area is 180 Å². The molecule has 3 fully saturated rings. The number of aromatic nitrogens is 4. The van der Waals surface area contributed by atoms with E-state index in [1.54, 1.807) is 6.33 Å². The summed E-state index contributed by atoms with van der Waals surface area (Å²) in [4.78, 5) is 19.5. The van der Waals surface area contributed by atoms with Crippen LogP contribution in [0.4, 0.5) is 23.1 Å². The van der Waals surface area contributed by atoms with Crippen molar-refractivity contribution >= 4 is 46.1 Å². The van der Waals surface area contributed by atoms with E-state index in [-0.39, 0.29) is 0 Å².